The van der Waals surface area contributed by atoms with Gasteiger partial charge in [0.15, 0.2) is 5.03 Å². The Morgan fingerprint density at radius 1 is 1.33 bits per heavy atom. The number of ether oxygens (including phenoxy) is 1. The number of fused-ring (bicyclic) bond motifs is 1. The van der Waals surface area contributed by atoms with Crippen LogP contribution in [0.1, 0.15) is 37.9 Å². The minimum absolute atomic E-state index is 0.0606. The molecule has 0 saturated carbocycles. The van der Waals surface area contributed by atoms with Gasteiger partial charge in [-0.3, -0.25) is 0 Å². The average molecular weight is 349 g/mol. The van der Waals surface area contributed by atoms with Crippen LogP contribution in [-0.2, 0) is 22.9 Å². The monoisotopic (exact) mass is 349 g/mol. The van der Waals surface area contributed by atoms with Crippen LogP contribution in [-0.4, -0.2) is 30.6 Å². The van der Waals surface area contributed by atoms with E-state index in [4.69, 9.17) is 4.74 Å². The lowest BCUT2D eigenvalue weighted by molar-refractivity contribution is 0.357. The van der Waals surface area contributed by atoms with Crippen molar-refractivity contribution in [2.45, 2.75) is 50.7 Å². The maximum absolute atomic E-state index is 12.4. The molecule has 2 heterocycles. The molecule has 2 aromatic rings. The summed E-state index contributed by atoms with van der Waals surface area (Å²) in [6.07, 6.45) is 4.64. The second-order valence-corrected chi connectivity index (χ2v) is 8.18. The van der Waals surface area contributed by atoms with Gasteiger partial charge in [-0.25, -0.2) is 18.1 Å². The fourth-order valence-electron chi connectivity index (χ4n) is 2.83. The van der Waals surface area contributed by atoms with E-state index in [1.54, 1.807) is 17.1 Å². The van der Waals surface area contributed by atoms with Gasteiger partial charge < -0.3 is 9.30 Å². The molecule has 1 aromatic carbocycles. The first-order chi connectivity index (χ1) is 11.3. The van der Waals surface area contributed by atoms with Gasteiger partial charge in [0.2, 0.25) is 0 Å². The van der Waals surface area contributed by atoms with Gasteiger partial charge in [0.1, 0.15) is 5.75 Å². The van der Waals surface area contributed by atoms with Crippen LogP contribution < -0.4 is 9.46 Å². The lowest BCUT2D eigenvalue weighted by Gasteiger charge is -2.14. The van der Waals surface area contributed by atoms with E-state index in [1.807, 2.05) is 32.9 Å². The number of nitrogens with one attached hydrogen (secondary N) is 1. The maximum atomic E-state index is 12.4. The zero-order valence-corrected chi connectivity index (χ0v) is 15.0. The van der Waals surface area contributed by atoms with E-state index in [0.717, 1.165) is 24.3 Å². The first-order valence-corrected chi connectivity index (χ1v) is 9.64. The Morgan fingerprint density at radius 2 is 2.12 bits per heavy atom. The third-order valence-electron chi connectivity index (χ3n) is 4.10. The third-order valence-corrected chi connectivity index (χ3v) is 5.58. The molecule has 130 valence electrons. The molecule has 0 saturated heterocycles. The van der Waals surface area contributed by atoms with Gasteiger partial charge in [0.05, 0.1) is 12.9 Å². The number of rotatable bonds is 6. The number of sulfonamides is 1. The van der Waals surface area contributed by atoms with Gasteiger partial charge in [-0.1, -0.05) is 12.1 Å². The summed E-state index contributed by atoms with van der Waals surface area (Å²) in [5, 5.41) is 0.0606. The van der Waals surface area contributed by atoms with E-state index in [9.17, 15) is 8.42 Å². The molecule has 6 nitrogen and oxygen atoms in total. The smallest absolute Gasteiger partial charge is 0.259 e. The highest BCUT2D eigenvalue weighted by Crippen LogP contribution is 2.26. The highest BCUT2D eigenvalue weighted by atomic mass is 32.2. The largest absolute Gasteiger partial charge is 0.493 e. The van der Waals surface area contributed by atoms with Crippen LogP contribution in [0, 0.1) is 0 Å². The van der Waals surface area contributed by atoms with E-state index in [1.165, 1.54) is 5.56 Å². The molecule has 1 aliphatic heterocycles. The highest BCUT2D eigenvalue weighted by Gasteiger charge is 2.21. The van der Waals surface area contributed by atoms with Crippen molar-refractivity contribution in [2.24, 2.45) is 0 Å². The molecule has 7 heteroatoms. The summed E-state index contributed by atoms with van der Waals surface area (Å²) in [5.74, 6) is 0.936. The Kier molecular flexibility index (Phi) is 4.64. The quantitative estimate of drug-likeness (QED) is 0.868. The van der Waals surface area contributed by atoms with E-state index in [2.05, 4.69) is 15.8 Å². The van der Waals surface area contributed by atoms with Gasteiger partial charge in [0, 0.05) is 24.7 Å². The summed E-state index contributed by atoms with van der Waals surface area (Å²) in [4.78, 5) is 4.01. The zero-order valence-electron chi connectivity index (χ0n) is 14.2. The molecule has 0 bridgehead atoms. The molecule has 1 aliphatic rings. The van der Waals surface area contributed by atoms with Crippen molar-refractivity contribution in [1.82, 2.24) is 14.3 Å². The standard InChI is InChI=1S/C17H23N3O3S/c1-12(2)20-10-17(18-11-20)24(21,22)19-13(3)8-14-4-5-16-15(9-14)6-7-23-16/h4-5,9-13,19H,6-8H2,1-3H3/t13-/m1/s1. The zero-order chi connectivity index (χ0) is 17.3. The Morgan fingerprint density at radius 3 is 2.83 bits per heavy atom. The van der Waals surface area contributed by atoms with Crippen LogP contribution >= 0.6 is 0 Å². The molecular weight excluding hydrogens is 326 g/mol. The molecule has 0 aliphatic carbocycles. The van der Waals surface area contributed by atoms with Gasteiger partial charge >= 0.3 is 0 Å². The van der Waals surface area contributed by atoms with Crippen LogP contribution in [0.3, 0.4) is 0 Å². The summed E-state index contributed by atoms with van der Waals surface area (Å²) < 4.78 is 34.9. The maximum Gasteiger partial charge on any atom is 0.259 e. The number of benzene rings is 1. The molecule has 0 radical (unpaired) electrons. The Balaban J connectivity index is 1.68. The van der Waals surface area contributed by atoms with Crippen LogP contribution in [0.5, 0.6) is 5.75 Å². The van der Waals surface area contributed by atoms with Crippen molar-refractivity contribution in [1.29, 1.82) is 0 Å². The molecular formula is C17H23N3O3S. The summed E-state index contributed by atoms with van der Waals surface area (Å²) in [5.41, 5.74) is 2.29. The lowest BCUT2D eigenvalue weighted by Crippen LogP contribution is -2.34. The Bertz CT molecular complexity index is 827. The molecule has 0 spiro atoms. The fraction of sp³-hybridized carbons (Fsp3) is 0.471. The van der Waals surface area contributed by atoms with Crippen molar-refractivity contribution in [3.8, 4) is 5.75 Å². The number of hydrogen-bond acceptors (Lipinski definition) is 4. The molecule has 3 rings (SSSR count). The molecule has 0 fully saturated rings. The average Bonchev–Trinajstić information content (AvgIpc) is 3.15. The lowest BCUT2D eigenvalue weighted by atomic mass is 10.0. The number of nitrogens with zero attached hydrogens (tertiary/aromatic N) is 2. The Labute approximate surface area is 142 Å². The highest BCUT2D eigenvalue weighted by molar-refractivity contribution is 7.89. The van der Waals surface area contributed by atoms with Crippen molar-refractivity contribution >= 4 is 10.0 Å². The summed E-state index contributed by atoms with van der Waals surface area (Å²) in [6.45, 7) is 6.54. The van der Waals surface area contributed by atoms with Gasteiger partial charge in [-0.05, 0) is 44.4 Å². The Hall–Kier alpha value is -1.86. The van der Waals surface area contributed by atoms with Crippen LogP contribution in [0.4, 0.5) is 0 Å². The topological polar surface area (TPSA) is 73.2 Å². The van der Waals surface area contributed by atoms with Crippen molar-refractivity contribution < 1.29 is 13.2 Å². The third kappa shape index (κ3) is 3.62. The van der Waals surface area contributed by atoms with E-state index >= 15 is 0 Å². The second kappa shape index (κ2) is 6.57. The number of hydrogen-bond donors (Lipinski definition) is 1. The fourth-order valence-corrected chi connectivity index (χ4v) is 4.01. The summed E-state index contributed by atoms with van der Waals surface area (Å²) >= 11 is 0. The molecule has 1 aromatic heterocycles. The molecule has 24 heavy (non-hydrogen) atoms. The van der Waals surface area contributed by atoms with Crippen molar-refractivity contribution in [2.75, 3.05) is 6.61 Å². The predicted molar refractivity (Wildman–Crippen MR) is 91.7 cm³/mol. The molecule has 0 unspecified atom stereocenters. The van der Waals surface area contributed by atoms with Crippen LogP contribution in [0.2, 0.25) is 0 Å². The normalized spacial score (nSPS) is 15.3. The first-order valence-electron chi connectivity index (χ1n) is 8.15. The number of imidazole rings is 1. The SMILES string of the molecule is CC(C)n1cnc(S(=O)(=O)N[C@H](C)Cc2ccc3c(c2)CCO3)c1. The predicted octanol–water partition coefficient (Wildman–Crippen LogP) is 2.31. The van der Waals surface area contributed by atoms with Gasteiger partial charge in [0.25, 0.3) is 10.0 Å². The molecule has 1 atom stereocenters. The summed E-state index contributed by atoms with van der Waals surface area (Å²) in [6, 6.07) is 6.00. The molecule has 1 N–H and O–H groups in total. The van der Waals surface area contributed by atoms with E-state index < -0.39 is 10.0 Å². The van der Waals surface area contributed by atoms with Crippen molar-refractivity contribution in [3.63, 3.8) is 0 Å². The van der Waals surface area contributed by atoms with Crippen LogP contribution in [0.25, 0.3) is 0 Å². The van der Waals surface area contributed by atoms with Crippen molar-refractivity contribution in [3.05, 3.63) is 41.9 Å². The second-order valence-electron chi connectivity index (χ2n) is 6.52. The van der Waals surface area contributed by atoms with E-state index in [-0.39, 0.29) is 17.1 Å². The number of aromatic nitrogens is 2. The minimum atomic E-state index is -3.61. The van der Waals surface area contributed by atoms with Crippen LogP contribution in [0.15, 0.2) is 35.7 Å². The minimum Gasteiger partial charge on any atom is -0.493 e. The van der Waals surface area contributed by atoms with E-state index in [0.29, 0.717) is 6.42 Å². The van der Waals surface area contributed by atoms with Gasteiger partial charge in [-0.2, -0.15) is 0 Å². The first kappa shape index (κ1) is 17.0. The molecule has 0 amide bonds. The summed E-state index contributed by atoms with van der Waals surface area (Å²) in [7, 11) is -3.61. The van der Waals surface area contributed by atoms with Gasteiger partial charge in [-0.15, -0.1) is 0 Å².